The van der Waals surface area contributed by atoms with Crippen LogP contribution in [0.4, 0.5) is 0 Å². The van der Waals surface area contributed by atoms with Gasteiger partial charge in [0.2, 0.25) is 0 Å². The van der Waals surface area contributed by atoms with Gasteiger partial charge in [0.1, 0.15) is 7.14 Å². The molecule has 56 valence electrons. The average molecular weight is 177 g/mol. The third-order valence-electron chi connectivity index (χ3n) is 1.50. The van der Waals surface area contributed by atoms with E-state index >= 15 is 0 Å². The van der Waals surface area contributed by atoms with Gasteiger partial charge in [-0.1, -0.05) is 11.6 Å². The highest BCUT2D eigenvalue weighted by molar-refractivity contribution is 7.66. The third kappa shape index (κ3) is 1.74. The Balaban J connectivity index is 2.95. The number of halogens is 1. The van der Waals surface area contributed by atoms with E-state index in [2.05, 4.69) is 0 Å². The van der Waals surface area contributed by atoms with Gasteiger partial charge in [-0.25, -0.2) is 0 Å². The highest BCUT2D eigenvalue weighted by Crippen LogP contribution is 2.48. The van der Waals surface area contributed by atoms with Crippen molar-refractivity contribution in [3.63, 3.8) is 0 Å². The summed E-state index contributed by atoms with van der Waals surface area (Å²) >= 11 is 5.77. The van der Waals surface area contributed by atoms with E-state index in [-0.39, 0.29) is 0 Å². The van der Waals surface area contributed by atoms with Crippen molar-refractivity contribution in [2.24, 2.45) is 0 Å². The summed E-state index contributed by atoms with van der Waals surface area (Å²) in [6.45, 7) is 3.69. The maximum atomic E-state index is 11.4. The molecule has 0 aromatic heterocycles. The molecule has 0 aliphatic carbocycles. The minimum absolute atomic E-state index is 0.641. The Morgan fingerprint density at radius 3 is 2.70 bits per heavy atom. The predicted molar refractivity (Wildman–Crippen MR) is 46.1 cm³/mol. The van der Waals surface area contributed by atoms with Crippen LogP contribution in [0.5, 0.6) is 0 Å². The van der Waals surface area contributed by atoms with Crippen LogP contribution in [0.25, 0.3) is 0 Å². The molecule has 1 heterocycles. The molecular formula is C7H10ClOP. The minimum atomic E-state index is -2.00. The lowest BCUT2D eigenvalue weighted by atomic mass is 10.3. The molecule has 1 nitrogen and oxygen atoms in total. The second-order valence-electron chi connectivity index (χ2n) is 2.78. The molecule has 0 aromatic rings. The quantitative estimate of drug-likeness (QED) is 0.519. The molecule has 10 heavy (non-hydrogen) atoms. The largest absolute Gasteiger partial charge is 0.319 e. The zero-order chi connectivity index (χ0) is 7.78. The first-order valence-electron chi connectivity index (χ1n) is 3.12. The monoisotopic (exact) mass is 176 g/mol. The summed E-state index contributed by atoms with van der Waals surface area (Å²) in [7, 11) is -2.00. The Kier molecular flexibility index (Phi) is 2.07. The first-order chi connectivity index (χ1) is 4.51. The topological polar surface area (TPSA) is 17.1 Å². The summed E-state index contributed by atoms with van der Waals surface area (Å²) < 4.78 is 11.4. The van der Waals surface area contributed by atoms with E-state index in [1.165, 1.54) is 0 Å². The number of rotatable bonds is 0. The number of hydrogen-bond acceptors (Lipinski definition) is 1. The van der Waals surface area contributed by atoms with Gasteiger partial charge in [0.15, 0.2) is 0 Å². The van der Waals surface area contributed by atoms with E-state index in [1.807, 2.05) is 6.92 Å². The Hall–Kier alpha value is -0.0000000000000000555. The van der Waals surface area contributed by atoms with Crippen molar-refractivity contribution in [1.82, 2.24) is 0 Å². The molecule has 0 saturated carbocycles. The molecule has 0 saturated heterocycles. The fourth-order valence-corrected chi connectivity index (χ4v) is 2.96. The molecule has 1 rings (SSSR count). The fraction of sp³-hybridized carbons (Fsp3) is 0.429. The van der Waals surface area contributed by atoms with Crippen LogP contribution in [0.1, 0.15) is 6.92 Å². The van der Waals surface area contributed by atoms with E-state index in [9.17, 15) is 4.57 Å². The van der Waals surface area contributed by atoms with E-state index in [4.69, 9.17) is 11.6 Å². The summed E-state index contributed by atoms with van der Waals surface area (Å²) in [5.74, 6) is 1.72. The van der Waals surface area contributed by atoms with E-state index < -0.39 is 7.14 Å². The van der Waals surface area contributed by atoms with Crippen LogP contribution in [0.3, 0.4) is 0 Å². The maximum absolute atomic E-state index is 11.4. The lowest BCUT2D eigenvalue weighted by molar-refractivity contribution is 0.585. The van der Waals surface area contributed by atoms with Gasteiger partial charge in [0, 0.05) is 11.2 Å². The zero-order valence-corrected chi connectivity index (χ0v) is 7.75. The minimum Gasteiger partial charge on any atom is -0.319 e. The predicted octanol–water partition coefficient (Wildman–Crippen LogP) is 3.02. The van der Waals surface area contributed by atoms with Gasteiger partial charge in [-0.15, -0.1) is 0 Å². The zero-order valence-electron chi connectivity index (χ0n) is 6.10. The Bertz CT molecular complexity index is 252. The molecule has 1 aliphatic heterocycles. The van der Waals surface area contributed by atoms with Gasteiger partial charge in [-0.05, 0) is 31.1 Å². The summed E-state index contributed by atoms with van der Waals surface area (Å²) in [5.41, 5.74) is 1.04. The fourth-order valence-electron chi connectivity index (χ4n) is 0.965. The molecule has 0 N–H and O–H groups in total. The normalized spacial score (nSPS) is 33.1. The Morgan fingerprint density at radius 1 is 1.70 bits per heavy atom. The molecule has 3 heteroatoms. The van der Waals surface area contributed by atoms with Crippen molar-refractivity contribution < 1.29 is 4.57 Å². The molecule has 0 fully saturated rings. The molecule has 0 spiro atoms. The summed E-state index contributed by atoms with van der Waals surface area (Å²) in [5, 5.41) is 0.744. The van der Waals surface area contributed by atoms with Crippen molar-refractivity contribution in [3.8, 4) is 0 Å². The highest BCUT2D eigenvalue weighted by Gasteiger charge is 2.16. The van der Waals surface area contributed by atoms with Crippen molar-refractivity contribution in [2.75, 3.05) is 12.8 Å². The van der Waals surface area contributed by atoms with Crippen LogP contribution < -0.4 is 0 Å². The number of allylic oxidation sites excluding steroid dienone is 3. The standard InChI is InChI=1S/C7H10ClOP/c1-6-5-10(2,9)4-3-7(6)8/h3-4H,5H2,1-2H3. The lowest BCUT2D eigenvalue weighted by Crippen LogP contribution is -1.93. The average Bonchev–Trinajstić information content (AvgIpc) is 1.79. The molecule has 1 unspecified atom stereocenters. The summed E-state index contributed by atoms with van der Waals surface area (Å²) in [6, 6.07) is 0. The van der Waals surface area contributed by atoms with E-state index in [0.717, 1.165) is 10.6 Å². The van der Waals surface area contributed by atoms with Crippen LogP contribution in [0.2, 0.25) is 0 Å². The summed E-state index contributed by atoms with van der Waals surface area (Å²) in [4.78, 5) is 0. The Morgan fingerprint density at radius 2 is 2.30 bits per heavy atom. The summed E-state index contributed by atoms with van der Waals surface area (Å²) in [6.07, 6.45) is 2.38. The highest BCUT2D eigenvalue weighted by atomic mass is 35.5. The first-order valence-corrected chi connectivity index (χ1v) is 5.91. The molecule has 1 atom stereocenters. The van der Waals surface area contributed by atoms with Crippen LogP contribution >= 0.6 is 18.7 Å². The van der Waals surface area contributed by atoms with Gasteiger partial charge in [0.05, 0.1) is 0 Å². The van der Waals surface area contributed by atoms with Crippen LogP contribution in [-0.4, -0.2) is 12.8 Å². The molecule has 0 bridgehead atoms. The SMILES string of the molecule is CC1=C(Cl)C=CP(C)(=O)C1. The smallest absolute Gasteiger partial charge is 0.109 e. The van der Waals surface area contributed by atoms with Crippen LogP contribution in [-0.2, 0) is 4.57 Å². The Labute approximate surface area is 66.1 Å². The van der Waals surface area contributed by atoms with Crippen molar-refractivity contribution in [2.45, 2.75) is 6.92 Å². The van der Waals surface area contributed by atoms with Crippen molar-refractivity contribution in [3.05, 3.63) is 22.5 Å². The van der Waals surface area contributed by atoms with Gasteiger partial charge in [0.25, 0.3) is 0 Å². The van der Waals surface area contributed by atoms with E-state index in [0.29, 0.717) is 6.16 Å². The molecule has 1 aliphatic rings. The molecule has 0 aromatic carbocycles. The van der Waals surface area contributed by atoms with Crippen molar-refractivity contribution in [1.29, 1.82) is 0 Å². The van der Waals surface area contributed by atoms with Crippen molar-refractivity contribution >= 4 is 18.7 Å². The second-order valence-corrected chi connectivity index (χ2v) is 6.15. The van der Waals surface area contributed by atoms with Gasteiger partial charge in [-0.3, -0.25) is 0 Å². The maximum Gasteiger partial charge on any atom is 0.109 e. The molecular weight excluding hydrogens is 167 g/mol. The number of hydrogen-bond donors (Lipinski definition) is 0. The second kappa shape index (κ2) is 2.56. The lowest BCUT2D eigenvalue weighted by Gasteiger charge is -2.13. The molecule has 0 amide bonds. The van der Waals surface area contributed by atoms with Crippen LogP contribution in [0, 0.1) is 0 Å². The van der Waals surface area contributed by atoms with E-state index in [1.54, 1.807) is 18.6 Å². The molecule has 0 radical (unpaired) electrons. The van der Waals surface area contributed by atoms with Gasteiger partial charge >= 0.3 is 0 Å². The first kappa shape index (κ1) is 8.10. The third-order valence-corrected chi connectivity index (χ3v) is 3.83. The van der Waals surface area contributed by atoms with Gasteiger partial charge < -0.3 is 4.57 Å². The van der Waals surface area contributed by atoms with Gasteiger partial charge in [-0.2, -0.15) is 0 Å². The van der Waals surface area contributed by atoms with Crippen LogP contribution in [0.15, 0.2) is 22.5 Å².